The van der Waals surface area contributed by atoms with E-state index in [9.17, 15) is 19.1 Å². The number of hydrogen-bond acceptors (Lipinski definition) is 3. The molecule has 0 aliphatic rings. The van der Waals surface area contributed by atoms with Crippen molar-refractivity contribution < 1.29 is 19.1 Å². The predicted molar refractivity (Wildman–Crippen MR) is 89.4 cm³/mol. The molecule has 1 amide bonds. The lowest BCUT2D eigenvalue weighted by Gasteiger charge is -2.13. The van der Waals surface area contributed by atoms with Crippen LogP contribution in [0.1, 0.15) is 34.9 Å². The van der Waals surface area contributed by atoms with Gasteiger partial charge in [-0.1, -0.05) is 29.8 Å². The van der Waals surface area contributed by atoms with Crippen LogP contribution in [0.2, 0.25) is 5.02 Å². The standard InChI is InChI=1S/C18H17ClFNO3/c19-13-7-5-12(6-8-13)16(22)9-10-18(24)21-11-17(23)14-3-1-2-4-15(14)20/h1-8,17,23H,9-11H2,(H,21,24). The number of Topliss-reactive ketones (excluding diaryl/α,β-unsaturated/α-hetero) is 1. The Morgan fingerprint density at radius 2 is 1.75 bits per heavy atom. The molecule has 0 radical (unpaired) electrons. The molecular formula is C18H17ClFNO3. The minimum atomic E-state index is -1.14. The van der Waals surface area contributed by atoms with E-state index >= 15 is 0 Å². The maximum Gasteiger partial charge on any atom is 0.220 e. The van der Waals surface area contributed by atoms with Crippen LogP contribution in [0.4, 0.5) is 4.39 Å². The van der Waals surface area contributed by atoms with Crippen molar-refractivity contribution in [1.29, 1.82) is 0 Å². The topological polar surface area (TPSA) is 66.4 Å². The van der Waals surface area contributed by atoms with Crippen molar-refractivity contribution in [2.45, 2.75) is 18.9 Å². The van der Waals surface area contributed by atoms with Gasteiger partial charge in [-0.3, -0.25) is 9.59 Å². The van der Waals surface area contributed by atoms with Crippen LogP contribution >= 0.6 is 11.6 Å². The van der Waals surface area contributed by atoms with Crippen LogP contribution in [-0.4, -0.2) is 23.3 Å². The Morgan fingerprint density at radius 3 is 2.42 bits per heavy atom. The SMILES string of the molecule is O=C(CCC(=O)c1ccc(Cl)cc1)NCC(O)c1ccccc1F. The van der Waals surface area contributed by atoms with E-state index in [4.69, 9.17) is 11.6 Å². The number of ketones is 1. The summed E-state index contributed by atoms with van der Waals surface area (Å²) in [7, 11) is 0. The van der Waals surface area contributed by atoms with Gasteiger partial charge in [-0.2, -0.15) is 0 Å². The Hall–Kier alpha value is -2.24. The molecule has 0 saturated carbocycles. The molecule has 0 fully saturated rings. The van der Waals surface area contributed by atoms with Crippen molar-refractivity contribution in [3.63, 3.8) is 0 Å². The molecule has 2 aromatic rings. The van der Waals surface area contributed by atoms with E-state index in [1.54, 1.807) is 30.3 Å². The summed E-state index contributed by atoms with van der Waals surface area (Å²) in [4.78, 5) is 23.7. The van der Waals surface area contributed by atoms with Crippen LogP contribution in [0.15, 0.2) is 48.5 Å². The third-order valence-corrected chi connectivity index (χ3v) is 3.75. The molecule has 0 saturated heterocycles. The fourth-order valence-corrected chi connectivity index (χ4v) is 2.29. The Labute approximate surface area is 144 Å². The van der Waals surface area contributed by atoms with Crippen LogP contribution in [0.25, 0.3) is 0 Å². The number of amides is 1. The first kappa shape index (κ1) is 18.1. The van der Waals surface area contributed by atoms with Crippen LogP contribution in [0.5, 0.6) is 0 Å². The highest BCUT2D eigenvalue weighted by Gasteiger charge is 2.14. The van der Waals surface area contributed by atoms with Crippen molar-refractivity contribution in [2.24, 2.45) is 0 Å². The number of halogens is 2. The molecule has 1 atom stereocenters. The van der Waals surface area contributed by atoms with E-state index in [0.29, 0.717) is 10.6 Å². The van der Waals surface area contributed by atoms with Crippen molar-refractivity contribution >= 4 is 23.3 Å². The molecular weight excluding hydrogens is 333 g/mol. The highest BCUT2D eigenvalue weighted by Crippen LogP contribution is 2.16. The number of rotatable bonds is 7. The number of nitrogens with one attached hydrogen (secondary N) is 1. The van der Waals surface area contributed by atoms with Crippen LogP contribution in [-0.2, 0) is 4.79 Å². The number of carbonyl (C=O) groups is 2. The van der Waals surface area contributed by atoms with Crippen molar-refractivity contribution in [1.82, 2.24) is 5.32 Å². The normalized spacial score (nSPS) is 11.8. The van der Waals surface area contributed by atoms with Crippen molar-refractivity contribution in [3.8, 4) is 0 Å². The number of carbonyl (C=O) groups excluding carboxylic acids is 2. The first-order chi connectivity index (χ1) is 11.5. The molecule has 0 bridgehead atoms. The fraction of sp³-hybridized carbons (Fsp3) is 0.222. The Kier molecular flexibility index (Phi) is 6.46. The van der Waals surface area contributed by atoms with Gasteiger partial charge in [0.25, 0.3) is 0 Å². The van der Waals surface area contributed by atoms with Gasteiger partial charge in [0.2, 0.25) is 5.91 Å². The van der Waals surface area contributed by atoms with Gasteiger partial charge in [-0.15, -0.1) is 0 Å². The molecule has 24 heavy (non-hydrogen) atoms. The predicted octanol–water partition coefficient (Wildman–Crippen LogP) is 3.29. The first-order valence-electron chi connectivity index (χ1n) is 7.45. The summed E-state index contributed by atoms with van der Waals surface area (Å²) in [6.07, 6.45) is -1.10. The number of aliphatic hydroxyl groups is 1. The molecule has 2 N–H and O–H groups in total. The molecule has 0 heterocycles. The van der Waals surface area contributed by atoms with Gasteiger partial charge < -0.3 is 10.4 Å². The molecule has 0 aliphatic carbocycles. The van der Waals surface area contributed by atoms with Crippen LogP contribution < -0.4 is 5.32 Å². The highest BCUT2D eigenvalue weighted by atomic mass is 35.5. The summed E-state index contributed by atoms with van der Waals surface area (Å²) in [5.41, 5.74) is 0.605. The molecule has 0 aromatic heterocycles. The van der Waals surface area contributed by atoms with Gasteiger partial charge in [0.15, 0.2) is 5.78 Å². The molecule has 4 nitrogen and oxygen atoms in total. The minimum Gasteiger partial charge on any atom is -0.386 e. The van der Waals surface area contributed by atoms with Crippen molar-refractivity contribution in [3.05, 3.63) is 70.5 Å². The van der Waals surface area contributed by atoms with Gasteiger partial charge in [0, 0.05) is 35.5 Å². The Bertz CT molecular complexity index is 718. The number of benzene rings is 2. The second-order valence-corrected chi connectivity index (χ2v) is 5.71. The van der Waals surface area contributed by atoms with Gasteiger partial charge in [0.05, 0.1) is 6.10 Å². The van der Waals surface area contributed by atoms with E-state index in [1.807, 2.05) is 0 Å². The molecule has 2 aromatic carbocycles. The summed E-state index contributed by atoms with van der Waals surface area (Å²) in [6.45, 7) is -0.116. The smallest absolute Gasteiger partial charge is 0.220 e. The summed E-state index contributed by atoms with van der Waals surface area (Å²) in [5.74, 6) is -1.08. The second-order valence-electron chi connectivity index (χ2n) is 5.27. The van der Waals surface area contributed by atoms with E-state index in [2.05, 4.69) is 5.32 Å². The highest BCUT2D eigenvalue weighted by molar-refractivity contribution is 6.30. The summed E-state index contributed by atoms with van der Waals surface area (Å²) in [5, 5.41) is 12.9. The quantitative estimate of drug-likeness (QED) is 0.754. The molecule has 0 aliphatic heterocycles. The van der Waals surface area contributed by atoms with Gasteiger partial charge in [-0.25, -0.2) is 4.39 Å². The zero-order chi connectivity index (χ0) is 17.5. The largest absolute Gasteiger partial charge is 0.386 e. The summed E-state index contributed by atoms with van der Waals surface area (Å²) in [6, 6.07) is 12.2. The second kappa shape index (κ2) is 8.57. The first-order valence-corrected chi connectivity index (χ1v) is 7.83. The van der Waals surface area contributed by atoms with Gasteiger partial charge >= 0.3 is 0 Å². The van der Waals surface area contributed by atoms with Crippen LogP contribution in [0, 0.1) is 5.82 Å². The lowest BCUT2D eigenvalue weighted by molar-refractivity contribution is -0.121. The average Bonchev–Trinajstić information content (AvgIpc) is 2.58. The molecule has 6 heteroatoms. The van der Waals surface area contributed by atoms with E-state index in [0.717, 1.165) is 0 Å². The monoisotopic (exact) mass is 349 g/mol. The Balaban J connectivity index is 1.78. The lowest BCUT2D eigenvalue weighted by atomic mass is 10.1. The Morgan fingerprint density at radius 1 is 1.08 bits per heavy atom. The lowest BCUT2D eigenvalue weighted by Crippen LogP contribution is -2.29. The van der Waals surface area contributed by atoms with Crippen molar-refractivity contribution in [2.75, 3.05) is 6.54 Å². The zero-order valence-corrected chi connectivity index (χ0v) is 13.6. The van der Waals surface area contributed by atoms with Crippen LogP contribution in [0.3, 0.4) is 0 Å². The molecule has 2 rings (SSSR count). The van der Waals surface area contributed by atoms with E-state index in [-0.39, 0.29) is 36.6 Å². The number of aliphatic hydroxyl groups excluding tert-OH is 1. The van der Waals surface area contributed by atoms with Gasteiger partial charge in [0.1, 0.15) is 5.82 Å². The minimum absolute atomic E-state index is 0.00848. The molecule has 126 valence electrons. The maximum atomic E-state index is 13.5. The van der Waals surface area contributed by atoms with Gasteiger partial charge in [-0.05, 0) is 30.3 Å². The maximum absolute atomic E-state index is 13.5. The third kappa shape index (κ3) is 5.15. The summed E-state index contributed by atoms with van der Waals surface area (Å²) >= 11 is 5.75. The molecule has 0 spiro atoms. The zero-order valence-electron chi connectivity index (χ0n) is 12.8. The average molecular weight is 350 g/mol. The number of hydrogen-bond donors (Lipinski definition) is 2. The summed E-state index contributed by atoms with van der Waals surface area (Å²) < 4.78 is 13.5. The fourth-order valence-electron chi connectivity index (χ4n) is 2.16. The van der Waals surface area contributed by atoms with E-state index < -0.39 is 11.9 Å². The third-order valence-electron chi connectivity index (χ3n) is 3.50. The molecule has 1 unspecified atom stereocenters. The van der Waals surface area contributed by atoms with E-state index in [1.165, 1.54) is 18.2 Å².